The van der Waals surface area contributed by atoms with Crippen molar-refractivity contribution in [1.29, 1.82) is 0 Å². The Morgan fingerprint density at radius 2 is 1.79 bits per heavy atom. The first-order valence-corrected chi connectivity index (χ1v) is 7.98. The molecule has 0 aliphatic carbocycles. The average molecular weight is 329 g/mol. The Hall–Kier alpha value is -2.56. The molecular weight excluding hydrogens is 306 g/mol. The van der Waals surface area contributed by atoms with Gasteiger partial charge in [0.25, 0.3) is 5.91 Å². The lowest BCUT2D eigenvalue weighted by Gasteiger charge is -2.18. The minimum atomic E-state index is -0.650. The van der Waals surface area contributed by atoms with Crippen molar-refractivity contribution in [3.05, 3.63) is 42.5 Å². The molecule has 0 unspecified atom stereocenters. The second kappa shape index (κ2) is 8.34. The highest BCUT2D eigenvalue weighted by Gasteiger charge is 2.22. The summed E-state index contributed by atoms with van der Waals surface area (Å²) >= 11 is 0. The van der Waals surface area contributed by atoms with Crippen LogP contribution in [0.1, 0.15) is 20.3 Å². The molecule has 5 nitrogen and oxygen atoms in total. The van der Waals surface area contributed by atoms with Crippen LogP contribution in [0.2, 0.25) is 0 Å². The first-order chi connectivity index (χ1) is 11.5. The van der Waals surface area contributed by atoms with Crippen molar-refractivity contribution in [2.75, 3.05) is 13.7 Å². The van der Waals surface area contributed by atoms with Gasteiger partial charge in [-0.25, -0.2) is 4.79 Å². The molecule has 1 amide bonds. The third-order valence-electron chi connectivity index (χ3n) is 3.62. The predicted octanol–water partition coefficient (Wildman–Crippen LogP) is 2.92. The summed E-state index contributed by atoms with van der Waals surface area (Å²) < 4.78 is 10.3. The van der Waals surface area contributed by atoms with Crippen molar-refractivity contribution < 1.29 is 19.1 Å². The van der Waals surface area contributed by atoms with Gasteiger partial charge in [0.05, 0.1) is 7.11 Å². The van der Waals surface area contributed by atoms with Crippen LogP contribution in [0.3, 0.4) is 0 Å². The van der Waals surface area contributed by atoms with E-state index in [1.54, 1.807) is 0 Å². The van der Waals surface area contributed by atoms with Crippen LogP contribution < -0.4 is 10.1 Å². The van der Waals surface area contributed by atoms with E-state index in [1.165, 1.54) is 7.11 Å². The summed E-state index contributed by atoms with van der Waals surface area (Å²) in [5.41, 5.74) is 0. The van der Waals surface area contributed by atoms with E-state index in [1.807, 2.05) is 56.3 Å². The number of amides is 1. The molecule has 0 saturated heterocycles. The van der Waals surface area contributed by atoms with E-state index < -0.39 is 12.0 Å². The summed E-state index contributed by atoms with van der Waals surface area (Å²) in [7, 11) is 1.31. The molecule has 0 aliphatic heterocycles. The molecule has 2 aromatic carbocycles. The van der Waals surface area contributed by atoms with Crippen molar-refractivity contribution in [1.82, 2.24) is 5.32 Å². The zero-order valence-electron chi connectivity index (χ0n) is 14.2. The standard InChI is InChI=1S/C19H23NO4/c1-13(2)10-17(19(22)23-3)20-18(21)12-24-16-9-8-14-6-4-5-7-15(14)11-16/h4-9,11,13,17H,10,12H2,1-3H3,(H,20,21)/t17-/m0/s1. The summed E-state index contributed by atoms with van der Waals surface area (Å²) in [6.07, 6.45) is 0.522. The third kappa shape index (κ3) is 4.98. The number of nitrogens with one attached hydrogen (secondary N) is 1. The predicted molar refractivity (Wildman–Crippen MR) is 92.8 cm³/mol. The van der Waals surface area contributed by atoms with Gasteiger partial charge in [0, 0.05) is 0 Å². The molecule has 2 rings (SSSR count). The molecule has 24 heavy (non-hydrogen) atoms. The quantitative estimate of drug-likeness (QED) is 0.793. The highest BCUT2D eigenvalue weighted by Crippen LogP contribution is 2.20. The van der Waals surface area contributed by atoms with Crippen LogP contribution in [0, 0.1) is 5.92 Å². The fourth-order valence-electron chi connectivity index (χ4n) is 2.47. The van der Waals surface area contributed by atoms with Gasteiger partial charge < -0.3 is 14.8 Å². The monoisotopic (exact) mass is 329 g/mol. The number of esters is 1. The van der Waals surface area contributed by atoms with Gasteiger partial charge in [0.2, 0.25) is 0 Å². The number of ether oxygens (including phenoxy) is 2. The van der Waals surface area contributed by atoms with Gasteiger partial charge in [-0.1, -0.05) is 44.2 Å². The van der Waals surface area contributed by atoms with Gasteiger partial charge in [0.1, 0.15) is 11.8 Å². The SMILES string of the molecule is COC(=O)[C@H](CC(C)C)NC(=O)COc1ccc2ccccc2c1. The second-order valence-corrected chi connectivity index (χ2v) is 6.07. The molecule has 0 fully saturated rings. The maximum absolute atomic E-state index is 12.0. The molecule has 0 heterocycles. The highest BCUT2D eigenvalue weighted by atomic mass is 16.5. The maximum atomic E-state index is 12.0. The summed E-state index contributed by atoms with van der Waals surface area (Å²) in [5, 5.41) is 4.82. The minimum absolute atomic E-state index is 0.149. The van der Waals surface area contributed by atoms with Crippen LogP contribution in [0.4, 0.5) is 0 Å². The Labute approximate surface area is 141 Å². The molecule has 0 bridgehead atoms. The molecule has 0 spiro atoms. The molecule has 0 saturated carbocycles. The zero-order valence-corrected chi connectivity index (χ0v) is 14.2. The Bertz CT molecular complexity index is 711. The smallest absolute Gasteiger partial charge is 0.328 e. The molecule has 1 N–H and O–H groups in total. The average Bonchev–Trinajstić information content (AvgIpc) is 2.58. The fourth-order valence-corrected chi connectivity index (χ4v) is 2.47. The Kier molecular flexibility index (Phi) is 6.18. The first kappa shape index (κ1) is 17.8. The summed E-state index contributed by atoms with van der Waals surface area (Å²) in [6, 6.07) is 12.9. The van der Waals surface area contributed by atoms with Crippen molar-refractivity contribution in [3.8, 4) is 5.75 Å². The van der Waals surface area contributed by atoms with Gasteiger partial charge in [-0.2, -0.15) is 0 Å². The number of carbonyl (C=O) groups excluding carboxylic acids is 2. The Morgan fingerprint density at radius 1 is 1.08 bits per heavy atom. The Balaban J connectivity index is 1.94. The molecule has 1 atom stereocenters. The van der Waals surface area contributed by atoms with Gasteiger partial charge in [-0.15, -0.1) is 0 Å². The summed E-state index contributed by atoms with van der Waals surface area (Å²) in [6.45, 7) is 3.81. The minimum Gasteiger partial charge on any atom is -0.484 e. The summed E-state index contributed by atoms with van der Waals surface area (Å²) in [4.78, 5) is 23.8. The van der Waals surface area contributed by atoms with Gasteiger partial charge >= 0.3 is 5.97 Å². The number of methoxy groups -OCH3 is 1. The van der Waals surface area contributed by atoms with Crippen LogP contribution in [-0.4, -0.2) is 31.6 Å². The van der Waals surface area contributed by atoms with E-state index in [2.05, 4.69) is 5.32 Å². The normalized spacial score (nSPS) is 12.0. The van der Waals surface area contributed by atoms with Gasteiger partial charge in [-0.3, -0.25) is 4.79 Å². The van der Waals surface area contributed by atoms with E-state index in [4.69, 9.17) is 9.47 Å². The molecule has 128 valence electrons. The van der Waals surface area contributed by atoms with Crippen molar-refractivity contribution in [2.45, 2.75) is 26.3 Å². The Morgan fingerprint density at radius 3 is 2.46 bits per heavy atom. The number of benzene rings is 2. The lowest BCUT2D eigenvalue weighted by atomic mass is 10.0. The van der Waals surface area contributed by atoms with Crippen molar-refractivity contribution in [3.63, 3.8) is 0 Å². The van der Waals surface area contributed by atoms with E-state index in [-0.39, 0.29) is 18.4 Å². The van der Waals surface area contributed by atoms with Crippen LogP contribution >= 0.6 is 0 Å². The number of rotatable bonds is 7. The topological polar surface area (TPSA) is 64.6 Å². The lowest BCUT2D eigenvalue weighted by molar-refractivity contribution is -0.145. The summed E-state index contributed by atoms with van der Waals surface area (Å²) in [5.74, 6) is 0.0834. The largest absolute Gasteiger partial charge is 0.484 e. The van der Waals surface area contributed by atoms with E-state index in [0.29, 0.717) is 12.2 Å². The number of carbonyl (C=O) groups is 2. The molecule has 5 heteroatoms. The van der Waals surface area contributed by atoms with E-state index >= 15 is 0 Å². The van der Waals surface area contributed by atoms with Crippen LogP contribution in [0.5, 0.6) is 5.75 Å². The number of hydrogen-bond donors (Lipinski definition) is 1. The molecule has 0 radical (unpaired) electrons. The maximum Gasteiger partial charge on any atom is 0.328 e. The first-order valence-electron chi connectivity index (χ1n) is 7.98. The van der Waals surface area contributed by atoms with E-state index in [0.717, 1.165) is 10.8 Å². The van der Waals surface area contributed by atoms with Crippen LogP contribution in [0.15, 0.2) is 42.5 Å². The van der Waals surface area contributed by atoms with Crippen LogP contribution in [0.25, 0.3) is 10.8 Å². The third-order valence-corrected chi connectivity index (χ3v) is 3.62. The number of fused-ring (bicyclic) bond motifs is 1. The van der Waals surface area contributed by atoms with Crippen molar-refractivity contribution >= 4 is 22.6 Å². The molecule has 0 aliphatic rings. The van der Waals surface area contributed by atoms with Gasteiger partial charge in [-0.05, 0) is 35.2 Å². The second-order valence-electron chi connectivity index (χ2n) is 6.07. The lowest BCUT2D eigenvalue weighted by Crippen LogP contribution is -2.44. The zero-order chi connectivity index (χ0) is 17.5. The van der Waals surface area contributed by atoms with Gasteiger partial charge in [0.15, 0.2) is 6.61 Å². The number of hydrogen-bond acceptors (Lipinski definition) is 4. The fraction of sp³-hybridized carbons (Fsp3) is 0.368. The molecule has 2 aromatic rings. The molecule has 0 aromatic heterocycles. The van der Waals surface area contributed by atoms with Crippen LogP contribution in [-0.2, 0) is 14.3 Å². The highest BCUT2D eigenvalue weighted by molar-refractivity contribution is 5.86. The van der Waals surface area contributed by atoms with E-state index in [9.17, 15) is 9.59 Å². The molecular formula is C19H23NO4. The van der Waals surface area contributed by atoms with Crippen molar-refractivity contribution in [2.24, 2.45) is 5.92 Å².